The van der Waals surface area contributed by atoms with Crippen molar-refractivity contribution in [3.63, 3.8) is 0 Å². The van der Waals surface area contributed by atoms with Gasteiger partial charge in [-0.05, 0) is 5.56 Å². The molecule has 2 aliphatic heterocycles. The van der Waals surface area contributed by atoms with Gasteiger partial charge in [-0.15, -0.1) is 0 Å². The summed E-state index contributed by atoms with van der Waals surface area (Å²) in [4.78, 5) is 0. The van der Waals surface area contributed by atoms with Crippen LogP contribution in [0.3, 0.4) is 0 Å². The molecule has 0 aliphatic carbocycles. The van der Waals surface area contributed by atoms with Crippen molar-refractivity contribution in [2.45, 2.75) is 49.0 Å². The number of aromatic hydroxyl groups is 2. The van der Waals surface area contributed by atoms with E-state index in [1.54, 1.807) is 24.3 Å². The number of benzene rings is 2. The first-order valence-electron chi connectivity index (χ1n) is 10.3. The van der Waals surface area contributed by atoms with Crippen molar-refractivity contribution in [1.82, 2.24) is 0 Å². The fraction of sp³-hybridized carbons (Fsp3) is 0.455. The number of hydrogen-bond acceptors (Lipinski definition) is 11. The number of aliphatic hydroxyl groups is 5. The van der Waals surface area contributed by atoms with Crippen molar-refractivity contribution in [2.24, 2.45) is 0 Å². The van der Waals surface area contributed by atoms with Gasteiger partial charge in [-0.25, -0.2) is 0 Å². The van der Waals surface area contributed by atoms with Crippen LogP contribution in [0, 0.1) is 0 Å². The highest BCUT2D eigenvalue weighted by molar-refractivity contribution is 5.62. The van der Waals surface area contributed by atoms with Crippen LogP contribution < -0.4 is 9.47 Å². The number of epoxide rings is 1. The summed E-state index contributed by atoms with van der Waals surface area (Å²) in [6.07, 6.45) is -10.2. The molecular formula is C22H26O11. The van der Waals surface area contributed by atoms with Gasteiger partial charge >= 0.3 is 0 Å². The van der Waals surface area contributed by atoms with Gasteiger partial charge in [-0.1, -0.05) is 30.3 Å². The van der Waals surface area contributed by atoms with E-state index >= 15 is 0 Å². The van der Waals surface area contributed by atoms with Crippen LogP contribution in [0.2, 0.25) is 0 Å². The molecule has 8 unspecified atom stereocenters. The molecule has 11 heteroatoms. The van der Waals surface area contributed by atoms with Gasteiger partial charge in [0.2, 0.25) is 12.0 Å². The van der Waals surface area contributed by atoms with Crippen LogP contribution >= 0.6 is 0 Å². The molecule has 0 bridgehead atoms. The lowest BCUT2D eigenvalue weighted by Gasteiger charge is -2.39. The van der Waals surface area contributed by atoms with Crippen molar-refractivity contribution in [2.75, 3.05) is 13.7 Å². The number of phenols is 2. The fourth-order valence-corrected chi connectivity index (χ4v) is 3.92. The van der Waals surface area contributed by atoms with Gasteiger partial charge in [0.05, 0.1) is 19.3 Å². The number of rotatable bonds is 7. The molecule has 180 valence electrons. The molecule has 0 aromatic heterocycles. The maximum absolute atomic E-state index is 10.7. The summed E-state index contributed by atoms with van der Waals surface area (Å²) in [5, 5.41) is 71.2. The van der Waals surface area contributed by atoms with E-state index in [1.807, 2.05) is 6.07 Å². The first-order valence-corrected chi connectivity index (χ1v) is 10.3. The minimum Gasteiger partial charge on any atom is -0.507 e. The molecule has 0 spiro atoms. The van der Waals surface area contributed by atoms with E-state index in [1.165, 1.54) is 7.11 Å². The van der Waals surface area contributed by atoms with Crippen LogP contribution in [0.25, 0.3) is 0 Å². The average Bonchev–Trinajstić information content (AvgIpc) is 3.61. The highest BCUT2D eigenvalue weighted by Crippen LogP contribution is 2.56. The summed E-state index contributed by atoms with van der Waals surface area (Å²) < 4.78 is 21.5. The van der Waals surface area contributed by atoms with E-state index in [0.29, 0.717) is 5.56 Å². The molecule has 11 nitrogen and oxygen atoms in total. The van der Waals surface area contributed by atoms with Crippen LogP contribution in [0.4, 0.5) is 0 Å². The SMILES string of the molecule is COc1c(O)c(OC2OC(CO)C(O)C(O)C2O)cc(O)c1C1OC1C(O)c1ccccc1. The minimum atomic E-state index is -1.72. The molecule has 0 saturated carbocycles. The highest BCUT2D eigenvalue weighted by atomic mass is 16.7. The van der Waals surface area contributed by atoms with Gasteiger partial charge in [-0.2, -0.15) is 0 Å². The third-order valence-corrected chi connectivity index (χ3v) is 5.79. The van der Waals surface area contributed by atoms with Gasteiger partial charge in [0.15, 0.2) is 11.5 Å². The van der Waals surface area contributed by atoms with E-state index in [4.69, 9.17) is 18.9 Å². The molecular weight excluding hydrogens is 440 g/mol. The molecule has 4 rings (SSSR count). The standard InChI is InChI=1S/C22H26O11/c1-30-19-13(20-21(33-20)14(25)9-5-3-2-4-6-9)10(24)7-11(16(19)27)31-22-18(29)17(28)15(26)12(8-23)32-22/h2-7,12,14-15,17-18,20-29H,8H2,1H3. The number of methoxy groups -OCH3 is 1. The Balaban J connectivity index is 1.58. The summed E-state index contributed by atoms with van der Waals surface area (Å²) >= 11 is 0. The number of ether oxygens (including phenoxy) is 4. The third kappa shape index (κ3) is 4.32. The van der Waals surface area contributed by atoms with Crippen LogP contribution in [-0.4, -0.2) is 86.3 Å². The van der Waals surface area contributed by atoms with Crippen LogP contribution in [0.1, 0.15) is 23.3 Å². The van der Waals surface area contributed by atoms with Crippen molar-refractivity contribution >= 4 is 0 Å². The Morgan fingerprint density at radius 3 is 2.33 bits per heavy atom. The van der Waals surface area contributed by atoms with Crippen molar-refractivity contribution in [3.05, 3.63) is 47.5 Å². The van der Waals surface area contributed by atoms with E-state index in [9.17, 15) is 35.7 Å². The van der Waals surface area contributed by atoms with Crippen molar-refractivity contribution < 1.29 is 54.7 Å². The monoisotopic (exact) mass is 466 g/mol. The molecule has 2 aromatic carbocycles. The number of phenolic OH excluding ortho intramolecular Hbond substituents is 2. The van der Waals surface area contributed by atoms with Crippen LogP contribution in [0.15, 0.2) is 36.4 Å². The Bertz CT molecular complexity index is 967. The summed E-state index contributed by atoms with van der Waals surface area (Å²) in [6.45, 7) is -0.658. The third-order valence-electron chi connectivity index (χ3n) is 5.79. The summed E-state index contributed by atoms with van der Waals surface area (Å²) in [5.74, 6) is -1.46. The van der Waals surface area contributed by atoms with Gasteiger partial charge in [0.25, 0.3) is 0 Å². The zero-order valence-corrected chi connectivity index (χ0v) is 17.6. The van der Waals surface area contributed by atoms with E-state index in [0.717, 1.165) is 6.07 Å². The topological polar surface area (TPSA) is 182 Å². The molecule has 0 radical (unpaired) electrons. The Labute approximate surface area is 188 Å². The maximum atomic E-state index is 10.7. The van der Waals surface area contributed by atoms with Crippen LogP contribution in [0.5, 0.6) is 23.0 Å². The van der Waals surface area contributed by atoms with Gasteiger partial charge in [0, 0.05) is 6.07 Å². The second-order valence-electron chi connectivity index (χ2n) is 7.88. The largest absolute Gasteiger partial charge is 0.507 e. The predicted molar refractivity (Wildman–Crippen MR) is 110 cm³/mol. The fourth-order valence-electron chi connectivity index (χ4n) is 3.92. The molecule has 2 fully saturated rings. The molecule has 33 heavy (non-hydrogen) atoms. The summed E-state index contributed by atoms with van der Waals surface area (Å²) in [6, 6.07) is 9.85. The van der Waals surface area contributed by atoms with Gasteiger partial charge in [-0.3, -0.25) is 0 Å². The Morgan fingerprint density at radius 1 is 1.00 bits per heavy atom. The minimum absolute atomic E-state index is 0.0936. The molecule has 2 aliphatic rings. The maximum Gasteiger partial charge on any atom is 0.229 e. The molecule has 0 amide bonds. The van der Waals surface area contributed by atoms with Gasteiger partial charge in [0.1, 0.15) is 48.5 Å². The highest BCUT2D eigenvalue weighted by Gasteiger charge is 2.50. The summed E-state index contributed by atoms with van der Waals surface area (Å²) in [7, 11) is 1.25. The summed E-state index contributed by atoms with van der Waals surface area (Å²) in [5.41, 5.74) is 0.714. The van der Waals surface area contributed by atoms with Crippen molar-refractivity contribution in [3.8, 4) is 23.0 Å². The first kappa shape index (κ1) is 23.5. The second kappa shape index (κ2) is 9.31. The first-order chi connectivity index (χ1) is 15.8. The molecule has 2 heterocycles. The zero-order valence-electron chi connectivity index (χ0n) is 17.6. The zero-order chi connectivity index (χ0) is 23.9. The second-order valence-corrected chi connectivity index (χ2v) is 7.88. The number of hydrogen-bond donors (Lipinski definition) is 7. The number of aliphatic hydroxyl groups excluding tert-OH is 5. The Hall–Kier alpha value is -2.64. The molecule has 8 atom stereocenters. The lowest BCUT2D eigenvalue weighted by atomic mass is 9.99. The smallest absolute Gasteiger partial charge is 0.229 e. The van der Waals surface area contributed by atoms with Crippen molar-refractivity contribution in [1.29, 1.82) is 0 Å². The lowest BCUT2D eigenvalue weighted by Crippen LogP contribution is -2.60. The van der Waals surface area contributed by atoms with Gasteiger partial charge < -0.3 is 54.7 Å². The predicted octanol–water partition coefficient (Wildman–Crippen LogP) is -0.541. The molecule has 2 aromatic rings. The Morgan fingerprint density at radius 2 is 1.70 bits per heavy atom. The molecule has 2 saturated heterocycles. The van der Waals surface area contributed by atoms with Crippen LogP contribution in [-0.2, 0) is 9.47 Å². The quantitative estimate of drug-likeness (QED) is 0.206. The Kier molecular flexibility index (Phi) is 6.64. The average molecular weight is 466 g/mol. The van der Waals surface area contributed by atoms with E-state index in [2.05, 4.69) is 0 Å². The van der Waals surface area contributed by atoms with E-state index < -0.39 is 61.4 Å². The lowest BCUT2D eigenvalue weighted by molar-refractivity contribution is -0.277. The normalized spacial score (nSPS) is 32.2. The molecule has 7 N–H and O–H groups in total. The van der Waals surface area contributed by atoms with E-state index in [-0.39, 0.29) is 22.8 Å².